The third-order valence-electron chi connectivity index (χ3n) is 12.0. The summed E-state index contributed by atoms with van der Waals surface area (Å²) < 4.78 is 92.9. The van der Waals surface area contributed by atoms with Crippen LogP contribution in [0.15, 0.2) is 152 Å². The van der Waals surface area contributed by atoms with Crippen molar-refractivity contribution in [3.05, 3.63) is 191 Å². The van der Waals surface area contributed by atoms with E-state index >= 15 is 0 Å². The fourth-order valence-corrected chi connectivity index (χ4v) is 9.53. The molecule has 0 bridgehead atoms. The lowest BCUT2D eigenvalue weighted by molar-refractivity contribution is -0.143. The first-order chi connectivity index (χ1) is 30.5. The Labute approximate surface area is 364 Å². The van der Waals surface area contributed by atoms with Crippen LogP contribution in [0.1, 0.15) is 38.9 Å². The van der Waals surface area contributed by atoms with E-state index in [0.29, 0.717) is 22.1 Å². The number of para-hydroxylation sites is 2. The Morgan fingerprint density at radius 3 is 1.17 bits per heavy atom. The summed E-state index contributed by atoms with van der Waals surface area (Å²) in [4.78, 5) is 0. The van der Waals surface area contributed by atoms with Gasteiger partial charge in [0.1, 0.15) is 0 Å². The Hall–Kier alpha value is -7.57. The summed E-state index contributed by atoms with van der Waals surface area (Å²) in [6, 6.07) is 46.6. The lowest BCUT2D eigenvalue weighted by atomic mass is 9.94. The molecule has 0 atom stereocenters. The monoisotopic (exact) mass is 853 g/mol. The lowest BCUT2D eigenvalue weighted by Gasteiger charge is -2.22. The van der Waals surface area contributed by atoms with Crippen LogP contribution in [0, 0.1) is 39.0 Å². The SMILES string of the molecule is Cc1cc(C)cc(-c2ccc3c4ccccc4n(-c4cc(C#N)cc(-n5c6ccccc6c6ccc(-c7cc(C)cc(C)c7)cc65)c4-c4cc(C(F)(F)F)cc(C(F)(F)F)c4)c3c2)c1. The fourth-order valence-electron chi connectivity index (χ4n) is 9.53. The Balaban J connectivity index is 1.40. The van der Waals surface area contributed by atoms with Crippen molar-refractivity contribution in [2.75, 3.05) is 0 Å². The summed E-state index contributed by atoms with van der Waals surface area (Å²) in [5.41, 5.74) is 7.96. The highest BCUT2D eigenvalue weighted by atomic mass is 19.4. The van der Waals surface area contributed by atoms with Crippen molar-refractivity contribution in [1.29, 1.82) is 5.26 Å². The number of aromatic nitrogens is 2. The molecule has 3 nitrogen and oxygen atoms in total. The minimum absolute atomic E-state index is 0.0783. The lowest BCUT2D eigenvalue weighted by Crippen LogP contribution is -2.12. The quantitative estimate of drug-likeness (QED) is 0.159. The van der Waals surface area contributed by atoms with Gasteiger partial charge in [-0.25, -0.2) is 0 Å². The van der Waals surface area contributed by atoms with Gasteiger partial charge in [-0.1, -0.05) is 119 Å². The zero-order chi connectivity index (χ0) is 44.8. The van der Waals surface area contributed by atoms with E-state index < -0.39 is 23.5 Å². The number of hydrogen-bond acceptors (Lipinski definition) is 1. The third-order valence-corrected chi connectivity index (χ3v) is 12.0. The van der Waals surface area contributed by atoms with Gasteiger partial charge in [-0.2, -0.15) is 31.6 Å². The van der Waals surface area contributed by atoms with Crippen LogP contribution in [0.2, 0.25) is 0 Å². The fraction of sp³-hybridized carbons (Fsp3) is 0.109. The second-order valence-corrected chi connectivity index (χ2v) is 16.7. The molecule has 0 spiro atoms. The largest absolute Gasteiger partial charge is 0.416 e. The minimum atomic E-state index is -5.12. The average Bonchev–Trinajstić information content (AvgIpc) is 3.76. The molecule has 8 aromatic carbocycles. The summed E-state index contributed by atoms with van der Waals surface area (Å²) in [6.07, 6.45) is -10.2. The van der Waals surface area contributed by atoms with Gasteiger partial charge in [0.15, 0.2) is 0 Å². The molecule has 314 valence electrons. The first kappa shape index (κ1) is 40.5. The molecule has 9 heteroatoms. The van der Waals surface area contributed by atoms with Crippen LogP contribution in [0.4, 0.5) is 26.3 Å². The van der Waals surface area contributed by atoms with Crippen LogP contribution in [-0.2, 0) is 12.4 Å². The highest BCUT2D eigenvalue weighted by molar-refractivity contribution is 6.13. The molecule has 0 N–H and O–H groups in total. The van der Waals surface area contributed by atoms with Gasteiger partial charge < -0.3 is 9.13 Å². The van der Waals surface area contributed by atoms with Crippen molar-refractivity contribution in [3.8, 4) is 50.8 Å². The Morgan fingerprint density at radius 1 is 0.391 bits per heavy atom. The van der Waals surface area contributed by atoms with Gasteiger partial charge >= 0.3 is 12.4 Å². The van der Waals surface area contributed by atoms with Gasteiger partial charge in [0.2, 0.25) is 0 Å². The standard InChI is InChI=1S/C55H37F6N3/c1-31-17-32(2)20-38(19-31)36-13-15-45-43-9-5-7-11-47(43)63(49(45)27-36)51-23-35(30-62)24-52(53(51)40-25-41(54(56,57)58)29-42(26-40)55(59,60)61)64-48-12-8-6-10-44(48)46-16-14-37(28-50(46)64)39-21-33(3)18-34(4)22-39/h5-29H,1-4H3. The van der Waals surface area contributed by atoms with Crippen molar-refractivity contribution < 1.29 is 26.3 Å². The van der Waals surface area contributed by atoms with Crippen molar-refractivity contribution in [2.45, 2.75) is 40.0 Å². The van der Waals surface area contributed by atoms with Crippen LogP contribution in [-0.4, -0.2) is 9.13 Å². The van der Waals surface area contributed by atoms with E-state index in [4.69, 9.17) is 0 Å². The number of fused-ring (bicyclic) bond motifs is 6. The van der Waals surface area contributed by atoms with E-state index in [1.807, 2.05) is 122 Å². The number of benzene rings is 8. The molecular formula is C55H37F6N3. The van der Waals surface area contributed by atoms with Gasteiger partial charge in [-0.05, 0) is 110 Å². The van der Waals surface area contributed by atoms with Crippen LogP contribution >= 0.6 is 0 Å². The molecule has 0 radical (unpaired) electrons. The molecule has 2 heterocycles. The normalized spacial score (nSPS) is 12.2. The molecule has 2 aromatic heterocycles. The summed E-state index contributed by atoms with van der Waals surface area (Å²) >= 11 is 0. The number of nitrogens with zero attached hydrogens (tertiary/aromatic N) is 3. The highest BCUT2D eigenvalue weighted by Crippen LogP contribution is 2.47. The number of nitriles is 1. The maximum absolute atomic E-state index is 14.9. The van der Waals surface area contributed by atoms with E-state index in [2.05, 4.69) is 42.5 Å². The predicted octanol–water partition coefficient (Wildman–Crippen LogP) is 16.0. The molecule has 0 aliphatic rings. The second kappa shape index (κ2) is 14.8. The Kier molecular flexibility index (Phi) is 9.35. The zero-order valence-corrected chi connectivity index (χ0v) is 35.0. The highest BCUT2D eigenvalue weighted by Gasteiger charge is 2.38. The molecule has 10 aromatic rings. The third kappa shape index (κ3) is 6.87. The average molecular weight is 854 g/mol. The van der Waals surface area contributed by atoms with Crippen LogP contribution in [0.25, 0.3) is 88.4 Å². The summed E-state index contributed by atoms with van der Waals surface area (Å²) in [5.74, 6) is 0. The number of aryl methyl sites for hydroxylation is 4. The van der Waals surface area contributed by atoms with Crippen molar-refractivity contribution in [1.82, 2.24) is 9.13 Å². The predicted molar refractivity (Wildman–Crippen MR) is 245 cm³/mol. The van der Waals surface area contributed by atoms with Crippen molar-refractivity contribution in [3.63, 3.8) is 0 Å². The number of rotatable bonds is 5. The molecular weight excluding hydrogens is 817 g/mol. The molecule has 0 saturated heterocycles. The van der Waals surface area contributed by atoms with Crippen molar-refractivity contribution in [2.24, 2.45) is 0 Å². The second-order valence-electron chi connectivity index (χ2n) is 16.7. The molecule has 0 saturated carbocycles. The van der Waals surface area contributed by atoms with Crippen LogP contribution in [0.5, 0.6) is 0 Å². The first-order valence-corrected chi connectivity index (χ1v) is 20.7. The van der Waals surface area contributed by atoms with Crippen LogP contribution in [0.3, 0.4) is 0 Å². The zero-order valence-electron chi connectivity index (χ0n) is 35.0. The molecule has 10 rings (SSSR count). The molecule has 64 heavy (non-hydrogen) atoms. The Bertz CT molecular complexity index is 3330. The van der Waals surface area contributed by atoms with Crippen molar-refractivity contribution >= 4 is 43.6 Å². The maximum Gasteiger partial charge on any atom is 0.416 e. The summed E-state index contributed by atoms with van der Waals surface area (Å²) in [7, 11) is 0. The minimum Gasteiger partial charge on any atom is -0.308 e. The smallest absolute Gasteiger partial charge is 0.308 e. The maximum atomic E-state index is 14.9. The topological polar surface area (TPSA) is 33.6 Å². The van der Waals surface area contributed by atoms with E-state index in [9.17, 15) is 31.6 Å². The first-order valence-electron chi connectivity index (χ1n) is 20.7. The summed E-state index contributed by atoms with van der Waals surface area (Å²) in [5, 5.41) is 14.1. The molecule has 0 aliphatic carbocycles. The number of hydrogen-bond donors (Lipinski definition) is 0. The van der Waals surface area contributed by atoms with Gasteiger partial charge in [0.25, 0.3) is 0 Å². The van der Waals surface area contributed by atoms with Gasteiger partial charge in [0.05, 0.1) is 56.2 Å². The molecule has 0 unspecified atom stereocenters. The van der Waals surface area contributed by atoms with Crippen LogP contribution < -0.4 is 0 Å². The number of alkyl halides is 6. The number of halogens is 6. The van der Waals surface area contributed by atoms with E-state index in [1.165, 1.54) is 0 Å². The summed E-state index contributed by atoms with van der Waals surface area (Å²) in [6.45, 7) is 8.04. The van der Waals surface area contributed by atoms with E-state index in [-0.39, 0.29) is 34.1 Å². The van der Waals surface area contributed by atoms with E-state index in [1.54, 1.807) is 12.1 Å². The molecule has 0 aliphatic heterocycles. The molecule has 0 amide bonds. The van der Waals surface area contributed by atoms with Gasteiger partial charge in [-0.3, -0.25) is 0 Å². The van der Waals surface area contributed by atoms with E-state index in [0.717, 1.165) is 78.2 Å². The molecule has 0 fully saturated rings. The Morgan fingerprint density at radius 2 is 0.781 bits per heavy atom. The van der Waals surface area contributed by atoms with Gasteiger partial charge in [-0.15, -0.1) is 0 Å². The van der Waals surface area contributed by atoms with Gasteiger partial charge in [0, 0.05) is 27.1 Å².